The third kappa shape index (κ3) is 6.57. The van der Waals surface area contributed by atoms with Crippen molar-refractivity contribution in [2.24, 2.45) is 0 Å². The number of hydrogen-bond donors (Lipinski definition) is 1. The van der Waals surface area contributed by atoms with Crippen molar-refractivity contribution in [1.29, 1.82) is 0 Å². The van der Waals surface area contributed by atoms with Gasteiger partial charge >= 0.3 is 0 Å². The minimum atomic E-state index is -0.661. The van der Waals surface area contributed by atoms with Crippen LogP contribution in [0.15, 0.2) is 36.4 Å². The van der Waals surface area contributed by atoms with Crippen molar-refractivity contribution in [3.63, 3.8) is 0 Å². The minimum Gasteiger partial charge on any atom is -0.493 e. The van der Waals surface area contributed by atoms with Crippen LogP contribution in [0.25, 0.3) is 0 Å². The van der Waals surface area contributed by atoms with Gasteiger partial charge in [-0.05, 0) is 56.0 Å². The Labute approximate surface area is 211 Å². The van der Waals surface area contributed by atoms with Gasteiger partial charge in [-0.1, -0.05) is 48.2 Å². The van der Waals surface area contributed by atoms with Gasteiger partial charge in [0.25, 0.3) is 0 Å². The number of benzene rings is 2. The summed E-state index contributed by atoms with van der Waals surface area (Å²) in [5.74, 6) is 0.927. The fourth-order valence-electron chi connectivity index (χ4n) is 4.26. The van der Waals surface area contributed by atoms with E-state index in [-0.39, 0.29) is 30.8 Å². The van der Waals surface area contributed by atoms with E-state index in [9.17, 15) is 9.59 Å². The average molecular weight is 507 g/mol. The molecule has 184 valence electrons. The number of rotatable bonds is 10. The summed E-state index contributed by atoms with van der Waals surface area (Å²) >= 11 is 12.8. The highest BCUT2D eigenvalue weighted by Gasteiger charge is 2.29. The zero-order valence-electron chi connectivity index (χ0n) is 19.9. The second-order valence-corrected chi connectivity index (χ2v) is 9.39. The van der Waals surface area contributed by atoms with Crippen LogP contribution < -0.4 is 14.8 Å². The van der Waals surface area contributed by atoms with E-state index in [0.717, 1.165) is 31.2 Å². The Bertz CT molecular complexity index is 988. The van der Waals surface area contributed by atoms with Gasteiger partial charge in [-0.15, -0.1) is 0 Å². The number of carbonyl (C=O) groups is 2. The van der Waals surface area contributed by atoms with Crippen LogP contribution in [0.2, 0.25) is 10.0 Å². The van der Waals surface area contributed by atoms with Crippen LogP contribution in [-0.4, -0.2) is 43.0 Å². The van der Waals surface area contributed by atoms with Crippen LogP contribution in [0.1, 0.15) is 50.2 Å². The highest BCUT2D eigenvalue weighted by molar-refractivity contribution is 6.36. The minimum absolute atomic E-state index is 0.153. The van der Waals surface area contributed by atoms with Gasteiger partial charge in [-0.3, -0.25) is 9.59 Å². The van der Waals surface area contributed by atoms with Gasteiger partial charge in [0, 0.05) is 34.6 Å². The molecule has 6 nitrogen and oxygen atoms in total. The van der Waals surface area contributed by atoms with Crippen LogP contribution >= 0.6 is 23.2 Å². The van der Waals surface area contributed by atoms with E-state index < -0.39 is 6.04 Å². The van der Waals surface area contributed by atoms with Gasteiger partial charge in [0.1, 0.15) is 6.04 Å². The Kier molecular flexibility index (Phi) is 9.48. The molecule has 8 heteroatoms. The number of nitrogens with one attached hydrogen (secondary N) is 1. The van der Waals surface area contributed by atoms with Crippen molar-refractivity contribution in [2.45, 2.75) is 64.1 Å². The number of amides is 2. The number of aryl methyl sites for hydroxylation is 1. The van der Waals surface area contributed by atoms with Crippen molar-refractivity contribution in [1.82, 2.24) is 10.2 Å². The van der Waals surface area contributed by atoms with Gasteiger partial charge in [0.15, 0.2) is 11.5 Å². The number of carbonyl (C=O) groups excluding carboxylic acids is 2. The second-order valence-electron chi connectivity index (χ2n) is 8.58. The van der Waals surface area contributed by atoms with Crippen LogP contribution in [0.3, 0.4) is 0 Å². The molecule has 2 amide bonds. The number of methoxy groups -OCH3 is 2. The molecule has 0 aromatic heterocycles. The SMILES string of the molecule is COc1ccc(CCC(=O)N(Cc2c(Cl)cccc2Cl)[C@@H](C)C(=O)NC2CCCC2)cc1OC. The Morgan fingerprint density at radius 2 is 1.71 bits per heavy atom. The molecule has 0 unspecified atom stereocenters. The summed E-state index contributed by atoms with van der Waals surface area (Å²) in [5.41, 5.74) is 1.57. The van der Waals surface area contributed by atoms with Crippen molar-refractivity contribution in [3.8, 4) is 11.5 Å². The zero-order valence-corrected chi connectivity index (χ0v) is 21.4. The van der Waals surface area contributed by atoms with E-state index in [1.54, 1.807) is 44.2 Å². The highest BCUT2D eigenvalue weighted by atomic mass is 35.5. The van der Waals surface area contributed by atoms with Crippen molar-refractivity contribution in [2.75, 3.05) is 14.2 Å². The van der Waals surface area contributed by atoms with E-state index >= 15 is 0 Å². The van der Waals surface area contributed by atoms with Crippen LogP contribution in [0.4, 0.5) is 0 Å². The summed E-state index contributed by atoms with van der Waals surface area (Å²) in [6, 6.07) is 10.3. The standard InChI is InChI=1S/C26H32Cl2N2O4/c1-17(26(32)29-19-7-4-5-8-19)30(16-20-21(27)9-6-10-22(20)28)25(31)14-12-18-11-13-23(33-2)24(15-18)34-3/h6,9-11,13,15,17,19H,4-5,7-8,12,14,16H2,1-3H3,(H,29,32)/t17-/m0/s1. The lowest BCUT2D eigenvalue weighted by Gasteiger charge is -2.30. The molecule has 0 heterocycles. The Balaban J connectivity index is 1.77. The van der Waals surface area contributed by atoms with Crippen molar-refractivity contribution < 1.29 is 19.1 Å². The summed E-state index contributed by atoms with van der Waals surface area (Å²) in [7, 11) is 3.16. The van der Waals surface area contributed by atoms with Gasteiger partial charge < -0.3 is 19.7 Å². The third-order valence-electron chi connectivity index (χ3n) is 6.33. The maximum Gasteiger partial charge on any atom is 0.242 e. The lowest BCUT2D eigenvalue weighted by molar-refractivity contribution is -0.140. The highest BCUT2D eigenvalue weighted by Crippen LogP contribution is 2.29. The Morgan fingerprint density at radius 3 is 2.32 bits per heavy atom. The molecule has 1 atom stereocenters. The fraction of sp³-hybridized carbons (Fsp3) is 0.462. The van der Waals surface area contributed by atoms with Gasteiger partial charge in [0.2, 0.25) is 11.8 Å². The van der Waals surface area contributed by atoms with Crippen molar-refractivity contribution >= 4 is 35.0 Å². The summed E-state index contributed by atoms with van der Waals surface area (Å²) in [6.07, 6.45) is 4.89. The largest absolute Gasteiger partial charge is 0.493 e. The summed E-state index contributed by atoms with van der Waals surface area (Å²) in [6.45, 7) is 1.91. The molecule has 1 N–H and O–H groups in total. The number of halogens is 2. The maximum absolute atomic E-state index is 13.4. The Hall–Kier alpha value is -2.44. The van der Waals surface area contributed by atoms with E-state index in [1.165, 1.54) is 0 Å². The molecular formula is C26H32Cl2N2O4. The smallest absolute Gasteiger partial charge is 0.242 e. The van der Waals surface area contributed by atoms with E-state index in [4.69, 9.17) is 32.7 Å². The van der Waals surface area contributed by atoms with Crippen LogP contribution in [0.5, 0.6) is 11.5 Å². The first kappa shape index (κ1) is 26.2. The van der Waals surface area contributed by atoms with Crippen LogP contribution in [-0.2, 0) is 22.6 Å². The fourth-order valence-corrected chi connectivity index (χ4v) is 4.78. The summed E-state index contributed by atoms with van der Waals surface area (Å²) < 4.78 is 10.7. The average Bonchev–Trinajstić information content (AvgIpc) is 3.34. The molecule has 3 rings (SSSR count). The molecule has 0 saturated heterocycles. The maximum atomic E-state index is 13.4. The molecule has 0 aliphatic heterocycles. The lowest BCUT2D eigenvalue weighted by atomic mass is 10.1. The first-order valence-electron chi connectivity index (χ1n) is 11.6. The summed E-state index contributed by atoms with van der Waals surface area (Å²) in [5, 5.41) is 4.03. The first-order chi connectivity index (χ1) is 16.3. The van der Waals surface area contributed by atoms with E-state index in [0.29, 0.717) is 33.5 Å². The molecule has 1 aliphatic carbocycles. The normalized spacial score (nSPS) is 14.5. The third-order valence-corrected chi connectivity index (χ3v) is 7.04. The molecule has 1 saturated carbocycles. The molecule has 34 heavy (non-hydrogen) atoms. The van der Waals surface area contributed by atoms with Gasteiger partial charge in [-0.25, -0.2) is 0 Å². The van der Waals surface area contributed by atoms with Crippen LogP contribution in [0, 0.1) is 0 Å². The molecule has 0 radical (unpaired) electrons. The quantitative estimate of drug-likeness (QED) is 0.467. The monoisotopic (exact) mass is 506 g/mol. The molecule has 2 aromatic carbocycles. The molecule has 2 aromatic rings. The predicted octanol–water partition coefficient (Wildman–Crippen LogP) is 5.42. The zero-order chi connectivity index (χ0) is 24.7. The van der Waals surface area contributed by atoms with E-state index in [2.05, 4.69) is 5.32 Å². The number of nitrogens with zero attached hydrogens (tertiary/aromatic N) is 1. The topological polar surface area (TPSA) is 67.9 Å². The molecule has 1 fully saturated rings. The van der Waals surface area contributed by atoms with E-state index in [1.807, 2.05) is 18.2 Å². The molecule has 0 bridgehead atoms. The molecule has 0 spiro atoms. The van der Waals surface area contributed by atoms with Gasteiger partial charge in [0.05, 0.1) is 14.2 Å². The summed E-state index contributed by atoms with van der Waals surface area (Å²) in [4.78, 5) is 28.0. The lowest BCUT2D eigenvalue weighted by Crippen LogP contribution is -2.49. The van der Waals surface area contributed by atoms with Gasteiger partial charge in [-0.2, -0.15) is 0 Å². The Morgan fingerprint density at radius 1 is 1.06 bits per heavy atom. The number of hydrogen-bond acceptors (Lipinski definition) is 4. The second kappa shape index (κ2) is 12.3. The molecule has 1 aliphatic rings. The predicted molar refractivity (Wildman–Crippen MR) is 135 cm³/mol. The number of ether oxygens (including phenoxy) is 2. The molecular weight excluding hydrogens is 475 g/mol. The van der Waals surface area contributed by atoms with Crippen molar-refractivity contribution in [3.05, 3.63) is 57.6 Å². The first-order valence-corrected chi connectivity index (χ1v) is 12.3.